The van der Waals surface area contributed by atoms with Gasteiger partial charge in [0.15, 0.2) is 5.82 Å². The summed E-state index contributed by atoms with van der Waals surface area (Å²) in [5.74, 6) is -0.757. The molecular weight excluding hydrogens is 261 g/mol. The predicted molar refractivity (Wildman–Crippen MR) is 57.5 cm³/mol. The minimum Gasteiger partial charge on any atom is -0.347 e. The monoisotopic (exact) mass is 268 g/mol. The molecule has 0 saturated heterocycles. The number of hydrogen-bond donors (Lipinski definition) is 1. The molecule has 0 fully saturated rings. The third kappa shape index (κ3) is 1.76. The topological polar surface area (TPSA) is 59.8 Å². The van der Waals surface area contributed by atoms with Crippen LogP contribution < -0.4 is 5.32 Å². The van der Waals surface area contributed by atoms with Crippen LogP contribution >= 0.6 is 0 Å². The van der Waals surface area contributed by atoms with Crippen LogP contribution in [0, 0.1) is 0 Å². The summed E-state index contributed by atoms with van der Waals surface area (Å²) in [6.07, 6.45) is -1.46. The van der Waals surface area contributed by atoms with Crippen molar-refractivity contribution in [1.82, 2.24) is 19.9 Å². The summed E-state index contributed by atoms with van der Waals surface area (Å²) in [6, 6.07) is 1.59. The van der Waals surface area contributed by atoms with Crippen LogP contribution in [-0.2, 0) is 12.7 Å². The summed E-state index contributed by atoms with van der Waals surface area (Å²) < 4.78 is 39.8. The number of hydrogen-bond acceptors (Lipinski definition) is 3. The highest BCUT2D eigenvalue weighted by molar-refractivity contribution is 5.97. The van der Waals surface area contributed by atoms with Gasteiger partial charge in [0.2, 0.25) is 0 Å². The zero-order valence-corrected chi connectivity index (χ0v) is 9.40. The Bertz CT molecular complexity index is 662. The van der Waals surface area contributed by atoms with Crippen molar-refractivity contribution < 1.29 is 18.0 Å². The molecule has 8 heteroatoms. The van der Waals surface area contributed by atoms with Gasteiger partial charge < -0.3 is 5.32 Å². The second-order valence-electron chi connectivity index (χ2n) is 4.00. The van der Waals surface area contributed by atoms with E-state index in [0.29, 0.717) is 18.3 Å². The van der Waals surface area contributed by atoms with Crippen LogP contribution in [0.4, 0.5) is 13.2 Å². The van der Waals surface area contributed by atoms with Gasteiger partial charge in [0, 0.05) is 24.5 Å². The third-order valence-corrected chi connectivity index (χ3v) is 2.85. The lowest BCUT2D eigenvalue weighted by Gasteiger charge is -2.12. The number of fused-ring (bicyclic) bond motifs is 1. The highest BCUT2D eigenvalue weighted by Crippen LogP contribution is 2.33. The summed E-state index contributed by atoms with van der Waals surface area (Å²) in [5, 5.41) is 2.55. The van der Waals surface area contributed by atoms with E-state index in [9.17, 15) is 18.0 Å². The Morgan fingerprint density at radius 2 is 2.16 bits per heavy atom. The lowest BCUT2D eigenvalue weighted by molar-refractivity contribution is -0.138. The zero-order chi connectivity index (χ0) is 13.6. The highest BCUT2D eigenvalue weighted by atomic mass is 19.4. The molecule has 2 aromatic rings. The number of rotatable bonds is 1. The zero-order valence-electron chi connectivity index (χ0n) is 9.40. The number of nitrogens with one attached hydrogen (secondary N) is 1. The standard InChI is InChI=1S/C11H7F3N4O/c12-11(13,14)7-4-15-5-17-9(7)18-2-1-6-3-16-10(19)8(6)18/h1-2,4-5H,3H2,(H,16,19). The van der Waals surface area contributed by atoms with Crippen molar-refractivity contribution >= 4 is 5.91 Å². The number of aromatic nitrogens is 3. The Balaban J connectivity index is 2.22. The van der Waals surface area contributed by atoms with Gasteiger partial charge in [0.1, 0.15) is 17.6 Å². The van der Waals surface area contributed by atoms with E-state index in [0.717, 1.165) is 10.9 Å². The van der Waals surface area contributed by atoms with Crippen LogP contribution in [-0.4, -0.2) is 20.4 Å². The maximum atomic E-state index is 12.9. The van der Waals surface area contributed by atoms with E-state index in [-0.39, 0.29) is 11.5 Å². The van der Waals surface area contributed by atoms with E-state index in [1.165, 1.54) is 6.20 Å². The first kappa shape index (κ1) is 11.7. The Labute approximate surface area is 105 Å². The summed E-state index contributed by atoms with van der Waals surface area (Å²) in [4.78, 5) is 18.7. The first-order chi connectivity index (χ1) is 8.98. The molecule has 0 aliphatic carbocycles. The molecular formula is C11H7F3N4O. The molecule has 5 nitrogen and oxygen atoms in total. The maximum Gasteiger partial charge on any atom is 0.421 e. The van der Waals surface area contributed by atoms with Crippen LogP contribution in [0.1, 0.15) is 21.6 Å². The van der Waals surface area contributed by atoms with E-state index in [2.05, 4.69) is 15.3 Å². The fourth-order valence-corrected chi connectivity index (χ4v) is 2.02. The molecule has 2 aromatic heterocycles. The second-order valence-corrected chi connectivity index (χ2v) is 4.00. The SMILES string of the molecule is O=C1NCc2ccn(-c3ncncc3C(F)(F)F)c21. The molecule has 0 spiro atoms. The van der Waals surface area contributed by atoms with Gasteiger partial charge >= 0.3 is 6.18 Å². The average molecular weight is 268 g/mol. The van der Waals surface area contributed by atoms with Gasteiger partial charge in [-0.3, -0.25) is 9.36 Å². The summed E-state index contributed by atoms with van der Waals surface area (Å²) >= 11 is 0. The van der Waals surface area contributed by atoms with Crippen molar-refractivity contribution in [2.75, 3.05) is 0 Å². The molecule has 19 heavy (non-hydrogen) atoms. The van der Waals surface area contributed by atoms with Crippen LogP contribution in [0.15, 0.2) is 24.8 Å². The molecule has 3 rings (SSSR count). The number of carbonyl (C=O) groups is 1. The quantitative estimate of drug-likeness (QED) is 0.853. The van der Waals surface area contributed by atoms with Crippen molar-refractivity contribution in [3.05, 3.63) is 41.6 Å². The van der Waals surface area contributed by atoms with Crippen molar-refractivity contribution in [3.63, 3.8) is 0 Å². The number of carbonyl (C=O) groups excluding carboxylic acids is 1. The van der Waals surface area contributed by atoms with Crippen molar-refractivity contribution in [1.29, 1.82) is 0 Å². The molecule has 1 aliphatic rings. The Morgan fingerprint density at radius 1 is 1.37 bits per heavy atom. The smallest absolute Gasteiger partial charge is 0.347 e. The number of halogens is 3. The third-order valence-electron chi connectivity index (χ3n) is 2.85. The van der Waals surface area contributed by atoms with E-state index in [4.69, 9.17) is 0 Å². The normalized spacial score (nSPS) is 14.4. The molecule has 0 aromatic carbocycles. The van der Waals surface area contributed by atoms with Crippen LogP contribution in [0.3, 0.4) is 0 Å². The Hall–Kier alpha value is -2.38. The molecule has 1 N–H and O–H groups in total. The molecule has 0 atom stereocenters. The molecule has 0 radical (unpaired) electrons. The number of nitrogens with zero attached hydrogens (tertiary/aromatic N) is 3. The van der Waals surface area contributed by atoms with Gasteiger partial charge in [-0.2, -0.15) is 13.2 Å². The number of amides is 1. The predicted octanol–water partition coefficient (Wildman–Crippen LogP) is 1.53. The van der Waals surface area contributed by atoms with E-state index < -0.39 is 17.6 Å². The fraction of sp³-hybridized carbons (Fsp3) is 0.182. The minimum absolute atomic E-state index is 0.184. The second kappa shape index (κ2) is 3.81. The van der Waals surface area contributed by atoms with Crippen molar-refractivity contribution in [2.24, 2.45) is 0 Å². The molecule has 0 saturated carbocycles. The largest absolute Gasteiger partial charge is 0.421 e. The summed E-state index contributed by atoms with van der Waals surface area (Å²) in [7, 11) is 0. The van der Waals surface area contributed by atoms with Crippen molar-refractivity contribution in [3.8, 4) is 5.82 Å². The van der Waals surface area contributed by atoms with Gasteiger partial charge in [-0.1, -0.05) is 0 Å². The summed E-state index contributed by atoms with van der Waals surface area (Å²) in [5.41, 5.74) is -0.144. The van der Waals surface area contributed by atoms with Crippen LogP contribution in [0.2, 0.25) is 0 Å². The lowest BCUT2D eigenvalue weighted by atomic mass is 10.2. The highest BCUT2D eigenvalue weighted by Gasteiger charge is 2.36. The fourth-order valence-electron chi connectivity index (χ4n) is 2.02. The first-order valence-electron chi connectivity index (χ1n) is 5.34. The lowest BCUT2D eigenvalue weighted by Crippen LogP contribution is -2.19. The minimum atomic E-state index is -4.58. The van der Waals surface area contributed by atoms with Gasteiger partial charge in [0.05, 0.1) is 0 Å². The van der Waals surface area contributed by atoms with Crippen LogP contribution in [0.25, 0.3) is 5.82 Å². The van der Waals surface area contributed by atoms with Crippen LogP contribution in [0.5, 0.6) is 0 Å². The van der Waals surface area contributed by atoms with Gasteiger partial charge in [-0.15, -0.1) is 0 Å². The maximum absolute atomic E-state index is 12.9. The Kier molecular flexibility index (Phi) is 2.34. The van der Waals surface area contributed by atoms with E-state index in [1.54, 1.807) is 6.07 Å². The first-order valence-corrected chi connectivity index (χ1v) is 5.34. The Morgan fingerprint density at radius 3 is 2.89 bits per heavy atom. The van der Waals surface area contributed by atoms with Gasteiger partial charge in [-0.05, 0) is 6.07 Å². The molecule has 0 bridgehead atoms. The molecule has 98 valence electrons. The van der Waals surface area contributed by atoms with Gasteiger partial charge in [-0.25, -0.2) is 9.97 Å². The molecule has 3 heterocycles. The summed E-state index contributed by atoms with van der Waals surface area (Å²) in [6.45, 7) is 0.313. The number of alkyl halides is 3. The van der Waals surface area contributed by atoms with Gasteiger partial charge in [0.25, 0.3) is 5.91 Å². The molecule has 1 aliphatic heterocycles. The van der Waals surface area contributed by atoms with E-state index in [1.807, 2.05) is 0 Å². The van der Waals surface area contributed by atoms with E-state index >= 15 is 0 Å². The average Bonchev–Trinajstić information content (AvgIpc) is 2.92. The van der Waals surface area contributed by atoms with Crippen molar-refractivity contribution in [2.45, 2.75) is 12.7 Å². The molecule has 0 unspecified atom stereocenters. The molecule has 1 amide bonds.